The van der Waals surface area contributed by atoms with Crippen LogP contribution < -0.4 is 10.6 Å². The number of amides is 2. The van der Waals surface area contributed by atoms with Gasteiger partial charge in [-0.05, 0) is 62.8 Å². The van der Waals surface area contributed by atoms with Gasteiger partial charge in [0.2, 0.25) is 0 Å². The van der Waals surface area contributed by atoms with Crippen LogP contribution in [0, 0.1) is 23.7 Å². The second kappa shape index (κ2) is 21.3. The van der Waals surface area contributed by atoms with Crippen molar-refractivity contribution in [1.82, 2.24) is 10.6 Å². The molecule has 4 fully saturated rings. The minimum absolute atomic E-state index is 0.0246. The number of methoxy groups -OCH3 is 2. The summed E-state index contributed by atoms with van der Waals surface area (Å²) in [5.74, 6) is -2.61. The number of nitrogens with one attached hydrogen (secondary N) is 2. The summed E-state index contributed by atoms with van der Waals surface area (Å²) < 4.78 is 64.5. The Bertz CT molecular complexity index is 1870. The molecule has 7 aliphatic rings. The third kappa shape index (κ3) is 10.6. The summed E-state index contributed by atoms with van der Waals surface area (Å²) in [6.07, 6.45) is 9.25. The minimum Gasteiger partial charge on any atom is -0.462 e. The first-order valence-electron chi connectivity index (χ1n) is 24.1. The first-order valence-corrected chi connectivity index (χ1v) is 24.1. The summed E-state index contributed by atoms with van der Waals surface area (Å²) in [6, 6.07) is -0.691. The van der Waals surface area contributed by atoms with E-state index in [4.69, 9.17) is 47.4 Å². The number of hydrogen-bond acceptors (Lipinski definition) is 14. The van der Waals surface area contributed by atoms with Crippen LogP contribution in [-0.2, 0) is 52.2 Å². The Kier molecular flexibility index (Phi) is 16.4. The molecule has 2 amide bonds. The fraction of sp³-hybridized carbons (Fsp3) is 0.760. The zero-order valence-electron chi connectivity index (χ0n) is 40.7. The summed E-state index contributed by atoms with van der Waals surface area (Å²) in [4.78, 5) is 26.5. The van der Waals surface area contributed by atoms with Crippen molar-refractivity contribution in [1.29, 1.82) is 0 Å². The van der Waals surface area contributed by atoms with Crippen molar-refractivity contribution in [2.24, 2.45) is 23.7 Å². The molecule has 0 aromatic heterocycles. The van der Waals surface area contributed by atoms with Gasteiger partial charge in [-0.15, -0.1) is 0 Å². The van der Waals surface area contributed by atoms with Gasteiger partial charge in [0.05, 0.1) is 55.4 Å². The molecule has 66 heavy (non-hydrogen) atoms. The SMILES string of the molecule is CCC(C)[C@H]1O[C@]2(C=C[C@@H]1C)C[C@@H]1C[C@@H](C/C=C(\C)[C@@H](O[C@H]3C[C@H](OC)[C@@H](O[C@H]4C[C@H](OC)[C@H](NC(=O)NC)[C@H](C)O4)[C@H](C)O3)[C@@H](C)/C=C/C=C3\CO[C@@H]4[C@H](O)C(C)=C[C@@H](C(=O)O1)[C@]34O)O2. The van der Waals surface area contributed by atoms with Crippen LogP contribution in [0.2, 0.25) is 0 Å². The molecule has 1 spiro atoms. The van der Waals surface area contributed by atoms with E-state index in [9.17, 15) is 19.8 Å². The standard InChI is InChI=1S/C50H76N2O14/c1-12-26(2)44-29(5)18-19-49(66-44)24-35-21-34(65-49)17-16-28(4)43(27(3)14-13-15-33-25-59-46-42(53)30(6)20-36(47(54)62-35)50(33,46)56)63-40-23-38(58-11)45(32(8)61-40)64-39-22-37(57-10)41(31(7)60-39)52-48(55)51-9/h13-16,18-20,26-27,29,31-32,34-46,53,56H,12,17,21-25H2,1-11H3,(H2,51,52,55)/b14-13+,28-16+,33-15+/t26?,27-,29-,31-,32-,34+,35-,36-,37-,38-,39-,40-,41+,42+,43-,44+,45-,46+,49+,50+/m0/s1. The summed E-state index contributed by atoms with van der Waals surface area (Å²) in [7, 11) is 4.82. The molecule has 4 saturated heterocycles. The second-order valence-corrected chi connectivity index (χ2v) is 19.7. The van der Waals surface area contributed by atoms with E-state index >= 15 is 0 Å². The van der Waals surface area contributed by atoms with E-state index in [0.29, 0.717) is 36.8 Å². The quantitative estimate of drug-likeness (QED) is 0.172. The van der Waals surface area contributed by atoms with Gasteiger partial charge in [-0.1, -0.05) is 70.6 Å². The van der Waals surface area contributed by atoms with Gasteiger partial charge in [0.25, 0.3) is 0 Å². The molecule has 1 unspecified atom stereocenters. The van der Waals surface area contributed by atoms with E-state index < -0.39 is 90.8 Å². The van der Waals surface area contributed by atoms with Crippen LogP contribution in [0.5, 0.6) is 0 Å². The number of rotatable bonds is 9. The van der Waals surface area contributed by atoms with E-state index in [1.807, 2.05) is 39.0 Å². The highest BCUT2D eigenvalue weighted by molar-refractivity contribution is 5.78. The Morgan fingerprint density at radius 3 is 2.36 bits per heavy atom. The largest absolute Gasteiger partial charge is 0.462 e. The molecular weight excluding hydrogens is 853 g/mol. The summed E-state index contributed by atoms with van der Waals surface area (Å²) in [6.45, 7) is 16.1. The Balaban J connectivity index is 1.15. The van der Waals surface area contributed by atoms with Crippen molar-refractivity contribution in [3.63, 3.8) is 0 Å². The lowest BCUT2D eigenvalue weighted by Gasteiger charge is -2.48. The molecule has 7 rings (SSSR count). The van der Waals surface area contributed by atoms with Crippen molar-refractivity contribution in [3.05, 3.63) is 59.3 Å². The number of aliphatic hydroxyl groups is 2. The molecule has 0 aromatic carbocycles. The lowest BCUT2D eigenvalue weighted by Crippen LogP contribution is -2.60. The number of hydrogen-bond donors (Lipinski definition) is 4. The monoisotopic (exact) mass is 929 g/mol. The van der Waals surface area contributed by atoms with E-state index in [2.05, 4.69) is 50.5 Å². The molecule has 1 aliphatic carbocycles. The molecule has 0 saturated carbocycles. The molecule has 0 radical (unpaired) electrons. The van der Waals surface area contributed by atoms with Gasteiger partial charge in [-0.25, -0.2) is 4.79 Å². The number of ether oxygens (including phenoxy) is 10. The lowest BCUT2D eigenvalue weighted by molar-refractivity contribution is -0.311. The third-order valence-electron chi connectivity index (χ3n) is 15.1. The molecule has 20 atom stereocenters. The number of esters is 1. The average Bonchev–Trinajstić information content (AvgIpc) is 3.63. The maximum absolute atomic E-state index is 14.4. The van der Waals surface area contributed by atoms with Crippen molar-refractivity contribution >= 4 is 12.0 Å². The maximum Gasteiger partial charge on any atom is 0.316 e. The number of urea groups is 1. The van der Waals surface area contributed by atoms with Gasteiger partial charge in [0, 0.05) is 58.8 Å². The Morgan fingerprint density at radius 2 is 1.65 bits per heavy atom. The van der Waals surface area contributed by atoms with Gasteiger partial charge in [-0.3, -0.25) is 4.79 Å². The molecule has 2 bridgehead atoms. The van der Waals surface area contributed by atoms with Crippen LogP contribution in [0.3, 0.4) is 0 Å². The summed E-state index contributed by atoms with van der Waals surface area (Å²) in [5.41, 5.74) is 0.106. The van der Waals surface area contributed by atoms with Gasteiger partial charge < -0.3 is 68.2 Å². The van der Waals surface area contributed by atoms with Gasteiger partial charge in [-0.2, -0.15) is 0 Å². The predicted octanol–water partition coefficient (Wildman–Crippen LogP) is 5.31. The summed E-state index contributed by atoms with van der Waals surface area (Å²) >= 11 is 0. The number of carbonyl (C=O) groups excluding carboxylic acids is 2. The topological polar surface area (TPSA) is 191 Å². The molecular formula is C50H76N2O14. The number of allylic oxidation sites excluding steroid dienone is 2. The van der Waals surface area contributed by atoms with Crippen molar-refractivity contribution in [3.8, 4) is 0 Å². The van der Waals surface area contributed by atoms with Gasteiger partial charge in [0.15, 0.2) is 18.4 Å². The van der Waals surface area contributed by atoms with Crippen molar-refractivity contribution in [2.45, 2.75) is 191 Å². The van der Waals surface area contributed by atoms with Crippen LogP contribution in [0.15, 0.2) is 59.3 Å². The van der Waals surface area contributed by atoms with Gasteiger partial charge in [0.1, 0.15) is 35.9 Å². The van der Waals surface area contributed by atoms with Crippen LogP contribution in [0.4, 0.5) is 4.79 Å². The Hall–Kier alpha value is -3.00. The predicted molar refractivity (Wildman–Crippen MR) is 243 cm³/mol. The Morgan fingerprint density at radius 1 is 0.939 bits per heavy atom. The summed E-state index contributed by atoms with van der Waals surface area (Å²) in [5, 5.41) is 29.3. The maximum atomic E-state index is 14.4. The zero-order valence-corrected chi connectivity index (χ0v) is 40.7. The molecule has 6 aliphatic heterocycles. The average molecular weight is 929 g/mol. The first-order chi connectivity index (χ1) is 31.4. The van der Waals surface area contributed by atoms with Crippen molar-refractivity contribution < 1.29 is 67.2 Å². The van der Waals surface area contributed by atoms with Gasteiger partial charge >= 0.3 is 12.0 Å². The smallest absolute Gasteiger partial charge is 0.316 e. The normalized spacial score (nSPS) is 46.7. The highest BCUT2D eigenvalue weighted by atomic mass is 16.7. The highest BCUT2D eigenvalue weighted by Crippen LogP contribution is 2.47. The van der Waals surface area contributed by atoms with E-state index in [1.54, 1.807) is 40.3 Å². The molecule has 16 heteroatoms. The molecule has 6 heterocycles. The second-order valence-electron chi connectivity index (χ2n) is 19.7. The fourth-order valence-corrected chi connectivity index (χ4v) is 11.0. The minimum atomic E-state index is -1.85. The highest BCUT2D eigenvalue weighted by Gasteiger charge is 2.60. The van der Waals surface area contributed by atoms with Crippen LogP contribution in [0.25, 0.3) is 0 Å². The fourth-order valence-electron chi connectivity index (χ4n) is 11.0. The molecule has 0 aromatic rings. The van der Waals surface area contributed by atoms with E-state index in [-0.39, 0.29) is 55.1 Å². The van der Waals surface area contributed by atoms with Crippen LogP contribution in [0.1, 0.15) is 93.9 Å². The van der Waals surface area contributed by atoms with E-state index in [1.165, 1.54) is 0 Å². The molecule has 4 N–H and O–H groups in total. The zero-order chi connectivity index (χ0) is 47.7. The first kappa shape index (κ1) is 50.9. The number of carbonyl (C=O) groups is 2. The molecule has 370 valence electrons. The number of fused-ring (bicyclic) bond motifs is 2. The third-order valence-corrected chi connectivity index (χ3v) is 15.1. The molecule has 16 nitrogen and oxygen atoms in total. The lowest BCUT2D eigenvalue weighted by atomic mass is 9.71. The Labute approximate surface area is 390 Å². The van der Waals surface area contributed by atoms with E-state index in [0.717, 1.165) is 12.0 Å². The van der Waals surface area contributed by atoms with Crippen molar-refractivity contribution in [2.75, 3.05) is 27.9 Å². The number of aliphatic hydroxyl groups excluding tert-OH is 1. The van der Waals surface area contributed by atoms with Crippen LogP contribution >= 0.6 is 0 Å². The van der Waals surface area contributed by atoms with Crippen LogP contribution in [-0.4, -0.2) is 147 Å².